The molecule has 25 heavy (non-hydrogen) atoms. The number of furan rings is 1. The van der Waals surface area contributed by atoms with E-state index in [1.54, 1.807) is 0 Å². The largest absolute Gasteiger partial charge is 0.456 e. The van der Waals surface area contributed by atoms with Crippen molar-refractivity contribution < 1.29 is 4.42 Å². The lowest BCUT2D eigenvalue weighted by atomic mass is 10.0. The maximum atomic E-state index is 6.29. The van der Waals surface area contributed by atoms with Gasteiger partial charge in [0.05, 0.1) is 0 Å². The zero-order valence-corrected chi connectivity index (χ0v) is 14.7. The number of rotatable bonds is 1. The zero-order valence-electron chi connectivity index (χ0n) is 14.7. The molecule has 0 aliphatic carbocycles. The number of nitrogens with zero attached hydrogens (tertiary/aromatic N) is 2. The highest BCUT2D eigenvalue weighted by Crippen LogP contribution is 2.39. The molecule has 1 aromatic heterocycles. The molecule has 0 unspecified atom stereocenters. The fourth-order valence-corrected chi connectivity index (χ4v) is 3.92. The molecule has 0 bridgehead atoms. The van der Waals surface area contributed by atoms with Crippen LogP contribution in [0.15, 0.2) is 65.3 Å². The predicted octanol–water partition coefficient (Wildman–Crippen LogP) is 5.62. The quantitative estimate of drug-likeness (QED) is 0.452. The van der Waals surface area contributed by atoms with Crippen LogP contribution in [0, 0.1) is 6.92 Å². The van der Waals surface area contributed by atoms with Crippen LogP contribution in [0.4, 0.5) is 5.69 Å². The summed E-state index contributed by atoms with van der Waals surface area (Å²) in [6.07, 6.45) is 4.55. The number of fused-ring (bicyclic) bond motifs is 5. The molecule has 0 N–H and O–H groups in total. The van der Waals surface area contributed by atoms with Crippen molar-refractivity contribution in [2.75, 3.05) is 11.9 Å². The first-order valence-corrected chi connectivity index (χ1v) is 8.67. The van der Waals surface area contributed by atoms with Crippen LogP contribution in [-0.2, 0) is 0 Å². The molecule has 0 amide bonds. The van der Waals surface area contributed by atoms with Crippen LogP contribution < -0.4 is 4.90 Å². The van der Waals surface area contributed by atoms with Gasteiger partial charge < -0.3 is 14.2 Å². The average molecular weight is 328 g/mol. The lowest BCUT2D eigenvalue weighted by Crippen LogP contribution is -2.33. The minimum Gasteiger partial charge on any atom is -0.456 e. The van der Waals surface area contributed by atoms with Crippen molar-refractivity contribution in [3.63, 3.8) is 0 Å². The third-order valence-corrected chi connectivity index (χ3v) is 5.48. The van der Waals surface area contributed by atoms with Crippen molar-refractivity contribution in [1.29, 1.82) is 0 Å². The second kappa shape index (κ2) is 5.03. The van der Waals surface area contributed by atoms with E-state index in [2.05, 4.69) is 91.6 Å². The normalized spacial score (nSPS) is 17.5. The van der Waals surface area contributed by atoms with Crippen LogP contribution in [0.5, 0.6) is 0 Å². The summed E-state index contributed by atoms with van der Waals surface area (Å²) in [6.45, 7) is 4.36. The molecule has 4 aromatic rings. The lowest BCUT2D eigenvalue weighted by molar-refractivity contribution is 0.383. The minimum absolute atomic E-state index is 0.307. The van der Waals surface area contributed by atoms with E-state index in [4.69, 9.17) is 4.42 Å². The molecule has 0 radical (unpaired) electrons. The van der Waals surface area contributed by atoms with Crippen LogP contribution in [-0.4, -0.2) is 18.1 Å². The third kappa shape index (κ3) is 1.92. The first kappa shape index (κ1) is 14.4. The minimum atomic E-state index is 0.307. The summed E-state index contributed by atoms with van der Waals surface area (Å²) in [5.41, 5.74) is 4.32. The zero-order chi connectivity index (χ0) is 17.1. The topological polar surface area (TPSA) is 19.6 Å². The van der Waals surface area contributed by atoms with Crippen molar-refractivity contribution >= 4 is 38.4 Å². The summed E-state index contributed by atoms with van der Waals surface area (Å²) in [5, 5.41) is 4.90. The van der Waals surface area contributed by atoms with Gasteiger partial charge >= 0.3 is 0 Å². The lowest BCUT2D eigenvalue weighted by Gasteiger charge is -2.28. The fourth-order valence-electron chi connectivity index (χ4n) is 3.92. The molecule has 0 fully saturated rings. The molecular weight excluding hydrogens is 308 g/mol. The highest BCUT2D eigenvalue weighted by atomic mass is 16.3. The van der Waals surface area contributed by atoms with Crippen LogP contribution >= 0.6 is 0 Å². The summed E-state index contributed by atoms with van der Waals surface area (Å²) < 4.78 is 6.29. The van der Waals surface area contributed by atoms with Gasteiger partial charge in [-0.1, -0.05) is 30.3 Å². The molecule has 5 rings (SSSR count). The van der Waals surface area contributed by atoms with Gasteiger partial charge in [-0.15, -0.1) is 0 Å². The molecule has 1 aliphatic rings. The van der Waals surface area contributed by atoms with Gasteiger partial charge in [0, 0.05) is 41.5 Å². The van der Waals surface area contributed by atoms with E-state index in [0.29, 0.717) is 6.17 Å². The predicted molar refractivity (Wildman–Crippen MR) is 105 cm³/mol. The maximum absolute atomic E-state index is 6.29. The molecule has 0 spiro atoms. The molecule has 3 nitrogen and oxygen atoms in total. The van der Waals surface area contributed by atoms with Gasteiger partial charge in [-0.25, -0.2) is 0 Å². The maximum Gasteiger partial charge on any atom is 0.140 e. The Kier molecular flexibility index (Phi) is 2.90. The van der Waals surface area contributed by atoms with Crippen molar-refractivity contribution in [2.24, 2.45) is 0 Å². The fraction of sp³-hybridized carbons (Fsp3) is 0.182. The summed E-state index contributed by atoms with van der Waals surface area (Å²) >= 11 is 0. The summed E-state index contributed by atoms with van der Waals surface area (Å²) in [7, 11) is 2.10. The number of hydrogen-bond donors (Lipinski definition) is 0. The van der Waals surface area contributed by atoms with Gasteiger partial charge in [0.1, 0.15) is 17.3 Å². The van der Waals surface area contributed by atoms with Crippen LogP contribution in [0.25, 0.3) is 32.7 Å². The number of anilines is 1. The Morgan fingerprint density at radius 2 is 1.76 bits per heavy atom. The number of aryl methyl sites for hydroxylation is 1. The highest BCUT2D eigenvalue weighted by molar-refractivity contribution is 6.19. The Balaban J connectivity index is 1.81. The van der Waals surface area contributed by atoms with Gasteiger partial charge in [0.15, 0.2) is 0 Å². The third-order valence-electron chi connectivity index (χ3n) is 5.48. The van der Waals surface area contributed by atoms with Crippen LogP contribution in [0.3, 0.4) is 0 Å². The van der Waals surface area contributed by atoms with E-state index in [9.17, 15) is 0 Å². The van der Waals surface area contributed by atoms with Gasteiger partial charge in [0.25, 0.3) is 0 Å². The van der Waals surface area contributed by atoms with Crippen LogP contribution in [0.2, 0.25) is 0 Å². The summed E-state index contributed by atoms with van der Waals surface area (Å²) in [6, 6.07) is 17.1. The van der Waals surface area contributed by atoms with E-state index in [1.165, 1.54) is 32.8 Å². The molecular formula is C22H20N2O. The Morgan fingerprint density at radius 1 is 0.920 bits per heavy atom. The molecule has 1 atom stereocenters. The van der Waals surface area contributed by atoms with E-state index < -0.39 is 0 Å². The van der Waals surface area contributed by atoms with Crippen molar-refractivity contribution in [3.05, 3.63) is 66.5 Å². The van der Waals surface area contributed by atoms with E-state index in [-0.39, 0.29) is 0 Å². The average Bonchev–Trinajstić information content (AvgIpc) is 3.17. The molecule has 0 saturated heterocycles. The Hall–Kier alpha value is -2.94. The Morgan fingerprint density at radius 3 is 2.56 bits per heavy atom. The first-order valence-electron chi connectivity index (χ1n) is 8.67. The monoisotopic (exact) mass is 328 g/mol. The molecule has 3 aromatic carbocycles. The number of benzene rings is 3. The Bertz CT molecular complexity index is 1160. The van der Waals surface area contributed by atoms with Gasteiger partial charge in [-0.05, 0) is 42.8 Å². The van der Waals surface area contributed by atoms with Crippen molar-refractivity contribution in [1.82, 2.24) is 4.90 Å². The van der Waals surface area contributed by atoms with E-state index >= 15 is 0 Å². The second-order valence-electron chi connectivity index (χ2n) is 6.85. The van der Waals surface area contributed by atoms with Gasteiger partial charge in [-0.2, -0.15) is 0 Å². The summed E-state index contributed by atoms with van der Waals surface area (Å²) in [5.74, 6) is 0. The molecule has 0 saturated carbocycles. The Labute approximate surface area is 146 Å². The summed E-state index contributed by atoms with van der Waals surface area (Å²) in [4.78, 5) is 4.50. The molecule has 2 heterocycles. The van der Waals surface area contributed by atoms with Crippen molar-refractivity contribution in [2.45, 2.75) is 20.0 Å². The standard InChI is InChI=1S/C22H20N2O/c1-14-19(24-13-12-23(3)15(24)2)10-9-18-21-17-7-5-4-6-16(17)8-11-20(21)25-22(14)18/h4-13,15H,1-3H3/t15-/m0/s1. The molecule has 124 valence electrons. The van der Waals surface area contributed by atoms with Crippen molar-refractivity contribution in [3.8, 4) is 0 Å². The smallest absolute Gasteiger partial charge is 0.140 e. The first-order chi connectivity index (χ1) is 12.1. The highest BCUT2D eigenvalue weighted by Gasteiger charge is 2.23. The second-order valence-corrected chi connectivity index (χ2v) is 6.85. The van der Waals surface area contributed by atoms with Crippen LogP contribution in [0.1, 0.15) is 12.5 Å². The van der Waals surface area contributed by atoms with E-state index in [0.717, 1.165) is 11.2 Å². The number of hydrogen-bond acceptors (Lipinski definition) is 3. The van der Waals surface area contributed by atoms with Gasteiger partial charge in [-0.3, -0.25) is 0 Å². The molecule has 3 heteroatoms. The molecule has 1 aliphatic heterocycles. The van der Waals surface area contributed by atoms with E-state index in [1.807, 2.05) is 0 Å². The van der Waals surface area contributed by atoms with Gasteiger partial charge in [0.2, 0.25) is 0 Å². The SMILES string of the molecule is Cc1c(N2C=CN(C)[C@@H]2C)ccc2c1oc1ccc3ccccc3c12.